The fourth-order valence-corrected chi connectivity index (χ4v) is 5.14. The highest BCUT2D eigenvalue weighted by molar-refractivity contribution is 5.96. The van der Waals surface area contributed by atoms with E-state index in [1.54, 1.807) is 17.9 Å². The third kappa shape index (κ3) is 6.27. The van der Waals surface area contributed by atoms with Crippen LogP contribution in [0.1, 0.15) is 68.1 Å². The van der Waals surface area contributed by atoms with Crippen LogP contribution in [0.3, 0.4) is 0 Å². The summed E-state index contributed by atoms with van der Waals surface area (Å²) in [4.78, 5) is 31.2. The molecule has 2 aliphatic rings. The Morgan fingerprint density at radius 1 is 1.03 bits per heavy atom. The third-order valence-corrected chi connectivity index (χ3v) is 7.70. The minimum Gasteiger partial charge on any atom is -0.504 e. The Morgan fingerprint density at radius 3 is 2.41 bits per heavy atom. The molecule has 0 saturated carbocycles. The molecule has 2 aliphatic heterocycles. The molecule has 7 heteroatoms. The number of piperazine rings is 1. The Labute approximate surface area is 221 Å². The van der Waals surface area contributed by atoms with Crippen molar-refractivity contribution in [2.75, 3.05) is 32.8 Å². The summed E-state index contributed by atoms with van der Waals surface area (Å²) in [6, 6.07) is 11.7. The largest absolute Gasteiger partial charge is 0.504 e. The SMILES string of the molecule is CC(=O)N1CCN(C(=O)c2cccc3c2CN(C(C)(C)CCc2ccc(O)c(OCC(C)C)c2)C3)CC1. The average Bonchev–Trinajstić information content (AvgIpc) is 3.33. The second-order valence-corrected chi connectivity index (χ2v) is 11.4. The van der Waals surface area contributed by atoms with Gasteiger partial charge in [-0.1, -0.05) is 32.0 Å². The molecule has 4 rings (SSSR count). The number of benzene rings is 2. The molecule has 0 radical (unpaired) electrons. The van der Waals surface area contributed by atoms with E-state index in [-0.39, 0.29) is 23.1 Å². The highest BCUT2D eigenvalue weighted by atomic mass is 16.5. The normalized spacial score (nSPS) is 16.3. The molecule has 0 spiro atoms. The van der Waals surface area contributed by atoms with E-state index in [0.717, 1.165) is 42.6 Å². The first-order valence-electron chi connectivity index (χ1n) is 13.4. The lowest BCUT2D eigenvalue weighted by Gasteiger charge is -2.36. The number of hydrogen-bond donors (Lipinski definition) is 1. The Hall–Kier alpha value is -3.06. The number of ether oxygens (including phenoxy) is 1. The van der Waals surface area contributed by atoms with Crippen molar-refractivity contribution in [2.45, 2.75) is 66.1 Å². The zero-order valence-corrected chi connectivity index (χ0v) is 22.9. The predicted molar refractivity (Wildman–Crippen MR) is 145 cm³/mol. The van der Waals surface area contributed by atoms with Crippen molar-refractivity contribution < 1.29 is 19.4 Å². The van der Waals surface area contributed by atoms with Gasteiger partial charge < -0.3 is 19.6 Å². The van der Waals surface area contributed by atoms with E-state index < -0.39 is 0 Å². The molecular weight excluding hydrogens is 466 g/mol. The highest BCUT2D eigenvalue weighted by Crippen LogP contribution is 2.35. The summed E-state index contributed by atoms with van der Waals surface area (Å²) in [6.07, 6.45) is 1.80. The van der Waals surface area contributed by atoms with Crippen LogP contribution in [0.2, 0.25) is 0 Å². The van der Waals surface area contributed by atoms with Gasteiger partial charge in [0.25, 0.3) is 5.91 Å². The second-order valence-electron chi connectivity index (χ2n) is 11.4. The number of nitrogens with zero attached hydrogens (tertiary/aromatic N) is 3. The molecule has 1 N–H and O–H groups in total. The number of aromatic hydroxyl groups is 1. The summed E-state index contributed by atoms with van der Waals surface area (Å²) < 4.78 is 5.80. The Bertz CT molecular complexity index is 1140. The number of fused-ring (bicyclic) bond motifs is 1. The average molecular weight is 508 g/mol. The molecule has 0 atom stereocenters. The van der Waals surface area contributed by atoms with E-state index in [0.29, 0.717) is 44.5 Å². The first-order valence-corrected chi connectivity index (χ1v) is 13.4. The molecule has 200 valence electrons. The van der Waals surface area contributed by atoms with Crippen LogP contribution < -0.4 is 4.74 Å². The van der Waals surface area contributed by atoms with Crippen LogP contribution in [-0.2, 0) is 24.3 Å². The van der Waals surface area contributed by atoms with Crippen molar-refractivity contribution in [1.29, 1.82) is 0 Å². The van der Waals surface area contributed by atoms with Gasteiger partial charge in [0, 0.05) is 57.3 Å². The van der Waals surface area contributed by atoms with Gasteiger partial charge in [0.2, 0.25) is 5.91 Å². The van der Waals surface area contributed by atoms with Gasteiger partial charge in [-0.15, -0.1) is 0 Å². The van der Waals surface area contributed by atoms with Gasteiger partial charge in [-0.05, 0) is 67.5 Å². The lowest BCUT2D eigenvalue weighted by Crippen LogP contribution is -2.50. The van der Waals surface area contributed by atoms with Crippen LogP contribution >= 0.6 is 0 Å². The van der Waals surface area contributed by atoms with Gasteiger partial charge in [-0.25, -0.2) is 0 Å². The maximum atomic E-state index is 13.4. The highest BCUT2D eigenvalue weighted by Gasteiger charge is 2.34. The van der Waals surface area contributed by atoms with Crippen molar-refractivity contribution in [3.8, 4) is 11.5 Å². The molecule has 0 unspecified atom stereocenters. The van der Waals surface area contributed by atoms with Gasteiger partial charge in [0.1, 0.15) is 0 Å². The lowest BCUT2D eigenvalue weighted by molar-refractivity contribution is -0.130. The van der Waals surface area contributed by atoms with E-state index in [4.69, 9.17) is 4.74 Å². The van der Waals surface area contributed by atoms with E-state index in [2.05, 4.69) is 38.7 Å². The van der Waals surface area contributed by atoms with Crippen LogP contribution in [0.5, 0.6) is 11.5 Å². The topological polar surface area (TPSA) is 73.3 Å². The Morgan fingerprint density at radius 2 is 1.73 bits per heavy atom. The first-order chi connectivity index (χ1) is 17.5. The molecule has 1 saturated heterocycles. The van der Waals surface area contributed by atoms with E-state index in [1.807, 2.05) is 29.2 Å². The van der Waals surface area contributed by atoms with Gasteiger partial charge in [-0.3, -0.25) is 14.5 Å². The van der Waals surface area contributed by atoms with Crippen LogP contribution in [-0.4, -0.2) is 69.9 Å². The molecule has 0 aliphatic carbocycles. The minimum absolute atomic E-state index is 0.0668. The zero-order valence-electron chi connectivity index (χ0n) is 22.9. The summed E-state index contributed by atoms with van der Waals surface area (Å²) in [5.74, 6) is 1.25. The molecule has 2 amide bonds. The fourth-order valence-electron chi connectivity index (χ4n) is 5.14. The Balaban J connectivity index is 1.40. The van der Waals surface area contributed by atoms with Crippen LogP contribution in [0, 0.1) is 5.92 Å². The van der Waals surface area contributed by atoms with Crippen molar-refractivity contribution in [2.24, 2.45) is 5.92 Å². The molecule has 2 aromatic rings. The number of rotatable bonds is 8. The van der Waals surface area contributed by atoms with E-state index >= 15 is 0 Å². The number of aryl methyl sites for hydroxylation is 1. The fraction of sp³-hybridized carbons (Fsp3) is 0.533. The summed E-state index contributed by atoms with van der Waals surface area (Å²) in [5, 5.41) is 10.2. The number of phenolic OH excluding ortho intramolecular Hbond substituents is 1. The number of carbonyl (C=O) groups excluding carboxylic acids is 2. The van der Waals surface area contributed by atoms with Crippen LogP contribution in [0.4, 0.5) is 0 Å². The molecule has 2 aromatic carbocycles. The monoisotopic (exact) mass is 507 g/mol. The molecule has 0 aromatic heterocycles. The van der Waals surface area contributed by atoms with Gasteiger partial charge in [-0.2, -0.15) is 0 Å². The molecule has 1 fully saturated rings. The summed E-state index contributed by atoms with van der Waals surface area (Å²) in [6.45, 7) is 14.8. The first kappa shape index (κ1) is 27.0. The molecule has 0 bridgehead atoms. The number of amides is 2. The lowest BCUT2D eigenvalue weighted by atomic mass is 9.93. The second kappa shape index (κ2) is 11.1. The quantitative estimate of drug-likeness (QED) is 0.571. The molecule has 7 nitrogen and oxygen atoms in total. The molecule has 37 heavy (non-hydrogen) atoms. The van der Waals surface area contributed by atoms with Gasteiger partial charge in [0.15, 0.2) is 11.5 Å². The summed E-state index contributed by atoms with van der Waals surface area (Å²) in [5.41, 5.74) is 4.20. The van der Waals surface area contributed by atoms with Gasteiger partial charge >= 0.3 is 0 Å². The van der Waals surface area contributed by atoms with Crippen LogP contribution in [0.25, 0.3) is 0 Å². The van der Waals surface area contributed by atoms with Crippen LogP contribution in [0.15, 0.2) is 36.4 Å². The van der Waals surface area contributed by atoms with Crippen molar-refractivity contribution in [1.82, 2.24) is 14.7 Å². The number of phenols is 1. The van der Waals surface area contributed by atoms with Gasteiger partial charge in [0.05, 0.1) is 6.61 Å². The standard InChI is InChI=1S/C30H41N3O4/c1-21(2)20-37-28-17-23(9-10-27(28)35)11-12-30(4,5)33-18-24-7-6-8-25(26(24)19-33)29(36)32-15-13-31(14-16-32)22(3)34/h6-10,17,21,35H,11-16,18-20H2,1-5H3. The maximum absolute atomic E-state index is 13.4. The zero-order chi connectivity index (χ0) is 26.7. The number of carbonyl (C=O) groups is 2. The summed E-state index contributed by atoms with van der Waals surface area (Å²) in [7, 11) is 0. The third-order valence-electron chi connectivity index (χ3n) is 7.70. The van der Waals surface area contributed by atoms with Crippen molar-refractivity contribution >= 4 is 11.8 Å². The Kier molecular flexibility index (Phi) is 8.12. The number of hydrogen-bond acceptors (Lipinski definition) is 5. The van der Waals surface area contributed by atoms with Crippen molar-refractivity contribution in [3.63, 3.8) is 0 Å². The van der Waals surface area contributed by atoms with E-state index in [9.17, 15) is 14.7 Å². The minimum atomic E-state index is -0.0801. The van der Waals surface area contributed by atoms with Crippen molar-refractivity contribution in [3.05, 3.63) is 58.7 Å². The van der Waals surface area contributed by atoms with E-state index in [1.165, 1.54) is 5.56 Å². The molecule has 2 heterocycles. The predicted octanol–water partition coefficient (Wildman–Crippen LogP) is 4.46. The maximum Gasteiger partial charge on any atom is 0.254 e. The molecular formula is C30H41N3O4. The smallest absolute Gasteiger partial charge is 0.254 e. The summed E-state index contributed by atoms with van der Waals surface area (Å²) >= 11 is 0.